The van der Waals surface area contributed by atoms with Crippen LogP contribution in [0.3, 0.4) is 0 Å². The molecule has 1 amide bonds. The van der Waals surface area contributed by atoms with Gasteiger partial charge in [-0.2, -0.15) is 13.9 Å². The molecular weight excluding hydrogens is 240 g/mol. The summed E-state index contributed by atoms with van der Waals surface area (Å²) in [6, 6.07) is 0.432. The summed E-state index contributed by atoms with van der Waals surface area (Å²) in [7, 11) is 1.28. The average Bonchev–Trinajstić information content (AvgIpc) is 2.53. The van der Waals surface area contributed by atoms with E-state index in [2.05, 4.69) is 23.8 Å². The second-order valence-electron chi connectivity index (χ2n) is 5.29. The number of hydrogen-bond donors (Lipinski definition) is 0. The van der Waals surface area contributed by atoms with Gasteiger partial charge in [0.15, 0.2) is 0 Å². The number of likely N-dealkylation sites (tertiary alicyclic amines) is 1. The highest BCUT2D eigenvalue weighted by atomic mass is 19.3. The number of piperidine rings is 1. The van der Waals surface area contributed by atoms with Crippen molar-refractivity contribution in [2.24, 2.45) is 11.0 Å². The minimum absolute atomic E-state index is 0.238. The first-order valence-electron chi connectivity index (χ1n) is 6.33. The molecule has 0 aliphatic carbocycles. The molecule has 0 unspecified atom stereocenters. The van der Waals surface area contributed by atoms with Crippen LogP contribution in [0.1, 0.15) is 26.7 Å². The molecule has 0 N–H and O–H groups in total. The number of carbonyl (C=O) groups is 1. The molecule has 0 atom stereocenters. The lowest BCUT2D eigenvalue weighted by molar-refractivity contribution is -0.144. The summed E-state index contributed by atoms with van der Waals surface area (Å²) in [5, 5.41) is 4.52. The van der Waals surface area contributed by atoms with E-state index in [1.165, 1.54) is 7.05 Å². The second-order valence-corrected chi connectivity index (χ2v) is 5.29. The lowest BCUT2D eigenvalue weighted by Gasteiger charge is -2.34. The Morgan fingerprint density at radius 2 is 1.89 bits per heavy atom. The van der Waals surface area contributed by atoms with Crippen molar-refractivity contribution in [1.82, 2.24) is 9.91 Å². The quantitative estimate of drug-likeness (QED) is 0.754. The van der Waals surface area contributed by atoms with E-state index >= 15 is 0 Å². The number of amides is 1. The van der Waals surface area contributed by atoms with Crippen molar-refractivity contribution in [3.63, 3.8) is 0 Å². The van der Waals surface area contributed by atoms with Crippen molar-refractivity contribution < 1.29 is 13.6 Å². The zero-order valence-corrected chi connectivity index (χ0v) is 11.0. The number of alkyl halides is 2. The molecule has 0 aromatic carbocycles. The Hall–Kier alpha value is -1.04. The smallest absolute Gasteiger partial charge is 0.301 e. The van der Waals surface area contributed by atoms with Crippen molar-refractivity contribution in [2.45, 2.75) is 38.7 Å². The van der Waals surface area contributed by atoms with E-state index in [4.69, 9.17) is 0 Å². The van der Waals surface area contributed by atoms with E-state index in [0.29, 0.717) is 18.9 Å². The van der Waals surface area contributed by atoms with Gasteiger partial charge in [0.05, 0.1) is 0 Å². The van der Waals surface area contributed by atoms with E-state index in [9.17, 15) is 13.6 Å². The minimum Gasteiger partial charge on any atom is -0.301 e. The molecule has 0 aromatic rings. The van der Waals surface area contributed by atoms with Gasteiger partial charge in [-0.25, -0.2) is 5.01 Å². The maximum absolute atomic E-state index is 13.8. The van der Waals surface area contributed by atoms with E-state index in [1.807, 2.05) is 0 Å². The van der Waals surface area contributed by atoms with Crippen LogP contribution in [0.15, 0.2) is 5.10 Å². The summed E-state index contributed by atoms with van der Waals surface area (Å²) in [5.41, 5.74) is -0.238. The fourth-order valence-corrected chi connectivity index (χ4v) is 2.61. The molecule has 18 heavy (non-hydrogen) atoms. The zero-order valence-electron chi connectivity index (χ0n) is 11.0. The highest BCUT2D eigenvalue weighted by Gasteiger charge is 2.54. The van der Waals surface area contributed by atoms with Crippen LogP contribution < -0.4 is 0 Å². The predicted octanol–water partition coefficient (Wildman–Crippen LogP) is 1.57. The third kappa shape index (κ3) is 2.13. The van der Waals surface area contributed by atoms with E-state index < -0.39 is 11.8 Å². The van der Waals surface area contributed by atoms with Gasteiger partial charge in [0.1, 0.15) is 5.71 Å². The van der Waals surface area contributed by atoms with Crippen molar-refractivity contribution in [3.05, 3.63) is 0 Å². The SMILES string of the molecule is CC(C)N1CCC(C2=NN(C)C(=O)C2(F)F)CC1. The van der Waals surface area contributed by atoms with Gasteiger partial charge < -0.3 is 4.90 Å². The Kier molecular flexibility index (Phi) is 3.40. The molecule has 0 bridgehead atoms. The molecule has 1 fully saturated rings. The topological polar surface area (TPSA) is 35.9 Å². The molecule has 2 rings (SSSR count). The van der Waals surface area contributed by atoms with Crippen LogP contribution in [0.5, 0.6) is 0 Å². The van der Waals surface area contributed by atoms with E-state index in [1.54, 1.807) is 0 Å². The first-order valence-corrected chi connectivity index (χ1v) is 6.33. The molecule has 0 radical (unpaired) electrons. The van der Waals surface area contributed by atoms with Gasteiger partial charge in [-0.05, 0) is 39.8 Å². The summed E-state index contributed by atoms with van der Waals surface area (Å²) in [5.74, 6) is -4.88. The van der Waals surface area contributed by atoms with Gasteiger partial charge in [-0.15, -0.1) is 0 Å². The van der Waals surface area contributed by atoms with Crippen LogP contribution >= 0.6 is 0 Å². The summed E-state index contributed by atoms with van der Waals surface area (Å²) in [6.07, 6.45) is 1.29. The number of halogens is 2. The lowest BCUT2D eigenvalue weighted by Crippen LogP contribution is -2.45. The summed E-state index contributed by atoms with van der Waals surface area (Å²) < 4.78 is 27.5. The third-order valence-electron chi connectivity index (χ3n) is 3.79. The van der Waals surface area contributed by atoms with Gasteiger partial charge >= 0.3 is 11.8 Å². The first-order chi connectivity index (χ1) is 8.34. The molecule has 1 saturated heterocycles. The standard InChI is InChI=1S/C12H19F2N3O/c1-8(2)17-6-4-9(5-7-17)10-12(13,14)11(18)16(3)15-10/h8-9H,4-7H2,1-3H3. The highest BCUT2D eigenvalue weighted by molar-refractivity contribution is 6.14. The first kappa shape index (κ1) is 13.4. The Bertz CT molecular complexity index is 374. The van der Waals surface area contributed by atoms with E-state index in [0.717, 1.165) is 18.1 Å². The molecule has 102 valence electrons. The predicted molar refractivity (Wildman–Crippen MR) is 64.6 cm³/mol. The van der Waals surface area contributed by atoms with Gasteiger partial charge in [-0.3, -0.25) is 4.79 Å². The molecule has 2 aliphatic heterocycles. The molecule has 4 nitrogen and oxygen atoms in total. The van der Waals surface area contributed by atoms with Crippen LogP contribution in [0.25, 0.3) is 0 Å². The lowest BCUT2D eigenvalue weighted by atomic mass is 9.88. The van der Waals surface area contributed by atoms with Crippen LogP contribution in [-0.4, -0.2) is 53.6 Å². The Morgan fingerprint density at radius 3 is 2.28 bits per heavy atom. The summed E-state index contributed by atoms with van der Waals surface area (Å²) in [6.45, 7) is 5.77. The van der Waals surface area contributed by atoms with Gasteiger partial charge in [0, 0.05) is 19.0 Å². The zero-order chi connectivity index (χ0) is 13.5. The fourth-order valence-electron chi connectivity index (χ4n) is 2.61. The third-order valence-corrected chi connectivity index (χ3v) is 3.79. The monoisotopic (exact) mass is 259 g/mol. The van der Waals surface area contributed by atoms with Gasteiger partial charge in [0.2, 0.25) is 0 Å². The van der Waals surface area contributed by atoms with Crippen LogP contribution in [0.2, 0.25) is 0 Å². The van der Waals surface area contributed by atoms with Gasteiger partial charge in [0.25, 0.3) is 0 Å². The maximum Gasteiger partial charge on any atom is 0.366 e. The maximum atomic E-state index is 13.8. The molecule has 2 heterocycles. The molecule has 0 aromatic heterocycles. The number of rotatable bonds is 2. The molecular formula is C12H19F2N3O. The second kappa shape index (κ2) is 4.57. The van der Waals surface area contributed by atoms with Crippen molar-refractivity contribution >= 4 is 11.6 Å². The molecule has 2 aliphatic rings. The Morgan fingerprint density at radius 1 is 1.33 bits per heavy atom. The molecule has 6 heteroatoms. The van der Waals surface area contributed by atoms with Crippen molar-refractivity contribution in [3.8, 4) is 0 Å². The number of nitrogens with zero attached hydrogens (tertiary/aromatic N) is 3. The number of carbonyl (C=O) groups excluding carboxylic acids is 1. The fraction of sp³-hybridized carbons (Fsp3) is 0.833. The van der Waals surface area contributed by atoms with Crippen LogP contribution in [-0.2, 0) is 4.79 Å². The number of hydrogen-bond acceptors (Lipinski definition) is 3. The van der Waals surface area contributed by atoms with Gasteiger partial charge in [-0.1, -0.05) is 0 Å². The normalized spacial score (nSPS) is 26.0. The minimum atomic E-state index is -3.40. The largest absolute Gasteiger partial charge is 0.366 e. The van der Waals surface area contributed by atoms with Crippen molar-refractivity contribution in [1.29, 1.82) is 0 Å². The van der Waals surface area contributed by atoms with E-state index in [-0.39, 0.29) is 11.6 Å². The summed E-state index contributed by atoms with van der Waals surface area (Å²) in [4.78, 5) is 13.6. The Balaban J connectivity index is 2.06. The molecule has 0 spiro atoms. The van der Waals surface area contributed by atoms with Crippen LogP contribution in [0, 0.1) is 5.92 Å². The number of hydrazone groups is 1. The Labute approximate surface area is 106 Å². The molecule has 0 saturated carbocycles. The highest BCUT2D eigenvalue weighted by Crippen LogP contribution is 2.33. The average molecular weight is 259 g/mol. The van der Waals surface area contributed by atoms with Crippen molar-refractivity contribution in [2.75, 3.05) is 20.1 Å². The van der Waals surface area contributed by atoms with Crippen LogP contribution in [0.4, 0.5) is 8.78 Å². The summed E-state index contributed by atoms with van der Waals surface area (Å²) >= 11 is 0.